The summed E-state index contributed by atoms with van der Waals surface area (Å²) in [4.78, 5) is 15.6. The van der Waals surface area contributed by atoms with Crippen LogP contribution in [0.4, 0.5) is 0 Å². The second-order valence-electron chi connectivity index (χ2n) is 5.07. The third kappa shape index (κ3) is 2.89. The first kappa shape index (κ1) is 13.3. The van der Waals surface area contributed by atoms with Crippen molar-refractivity contribution < 1.29 is 10.0 Å². The molecule has 0 spiro atoms. The monoisotopic (exact) mass is 288 g/mol. The highest BCUT2D eigenvalue weighted by molar-refractivity contribution is 7.09. The number of aromatic nitrogens is 1. The van der Waals surface area contributed by atoms with Crippen LogP contribution in [-0.2, 0) is 11.2 Å². The molecule has 2 unspecified atom stereocenters. The van der Waals surface area contributed by atoms with Gasteiger partial charge in [-0.25, -0.2) is 10.5 Å². The van der Waals surface area contributed by atoms with Crippen LogP contribution in [0.1, 0.15) is 40.9 Å². The Kier molecular flexibility index (Phi) is 3.80. The van der Waals surface area contributed by atoms with Gasteiger partial charge in [-0.05, 0) is 24.3 Å². The molecule has 1 saturated carbocycles. The molecule has 1 heterocycles. The van der Waals surface area contributed by atoms with Gasteiger partial charge in [0.1, 0.15) is 0 Å². The van der Waals surface area contributed by atoms with Gasteiger partial charge in [0.2, 0.25) is 5.91 Å². The Labute approximate surface area is 121 Å². The maximum absolute atomic E-state index is 11.0. The Hall–Kier alpha value is -1.72. The molecule has 2 aromatic rings. The molecule has 1 aliphatic rings. The first-order valence-electron chi connectivity index (χ1n) is 6.70. The van der Waals surface area contributed by atoms with Crippen LogP contribution in [0.2, 0.25) is 0 Å². The minimum Gasteiger partial charge on any atom is -0.289 e. The molecule has 104 valence electrons. The number of hydrogen-bond donors (Lipinski definition) is 2. The highest BCUT2D eigenvalue weighted by atomic mass is 32.1. The third-order valence-corrected chi connectivity index (χ3v) is 4.66. The van der Waals surface area contributed by atoms with Crippen LogP contribution in [0.5, 0.6) is 0 Å². The van der Waals surface area contributed by atoms with Gasteiger partial charge in [-0.1, -0.05) is 30.3 Å². The largest absolute Gasteiger partial charge is 0.289 e. The molecule has 0 bridgehead atoms. The van der Waals surface area contributed by atoms with Crippen molar-refractivity contribution in [1.29, 1.82) is 0 Å². The van der Waals surface area contributed by atoms with Crippen molar-refractivity contribution in [3.05, 3.63) is 52.0 Å². The second-order valence-corrected chi connectivity index (χ2v) is 5.96. The minimum atomic E-state index is -0.367. The van der Waals surface area contributed by atoms with Crippen LogP contribution in [0, 0.1) is 0 Å². The van der Waals surface area contributed by atoms with E-state index in [4.69, 9.17) is 5.21 Å². The molecule has 1 aromatic carbocycles. The summed E-state index contributed by atoms with van der Waals surface area (Å²) in [5.74, 6) is 0.756. The Balaban J connectivity index is 1.60. The number of carbonyl (C=O) groups excluding carboxylic acids is 1. The minimum absolute atomic E-state index is 0.270. The summed E-state index contributed by atoms with van der Waals surface area (Å²) in [5.41, 5.74) is 3.96. The molecule has 1 fully saturated rings. The predicted molar refractivity (Wildman–Crippen MR) is 76.9 cm³/mol. The van der Waals surface area contributed by atoms with Crippen molar-refractivity contribution in [2.24, 2.45) is 0 Å². The van der Waals surface area contributed by atoms with Crippen molar-refractivity contribution in [1.82, 2.24) is 10.5 Å². The second kappa shape index (κ2) is 5.73. The number of carbonyl (C=O) groups is 1. The van der Waals surface area contributed by atoms with Gasteiger partial charge in [-0.15, -0.1) is 11.3 Å². The topological polar surface area (TPSA) is 62.2 Å². The Morgan fingerprint density at radius 3 is 2.90 bits per heavy atom. The zero-order chi connectivity index (χ0) is 13.9. The van der Waals surface area contributed by atoms with Crippen LogP contribution in [0.3, 0.4) is 0 Å². The van der Waals surface area contributed by atoms with Gasteiger partial charge < -0.3 is 0 Å². The van der Waals surface area contributed by atoms with Crippen molar-refractivity contribution in [2.75, 3.05) is 0 Å². The lowest BCUT2D eigenvalue weighted by Gasteiger charge is -1.98. The van der Waals surface area contributed by atoms with E-state index in [1.807, 2.05) is 11.4 Å². The van der Waals surface area contributed by atoms with E-state index in [1.165, 1.54) is 10.6 Å². The third-order valence-electron chi connectivity index (χ3n) is 3.64. The molecule has 2 atom stereocenters. The normalized spacial score (nSPS) is 20.6. The standard InChI is InChI=1S/C15H16N2O2S/c18-14(17-19)7-6-11-9-20-15(16-11)13-8-12(13)10-4-2-1-3-5-10/h1-5,9,12-13,19H,6-8H2,(H,17,18). The van der Waals surface area contributed by atoms with Crippen molar-refractivity contribution in [3.63, 3.8) is 0 Å². The summed E-state index contributed by atoms with van der Waals surface area (Å²) in [5, 5.41) is 11.6. The van der Waals surface area contributed by atoms with Gasteiger partial charge in [0.25, 0.3) is 0 Å². The zero-order valence-corrected chi connectivity index (χ0v) is 11.8. The summed E-state index contributed by atoms with van der Waals surface area (Å²) in [6.07, 6.45) is 2.01. The number of thiazole rings is 1. The van der Waals surface area contributed by atoms with Crippen molar-refractivity contribution in [3.8, 4) is 0 Å². The van der Waals surface area contributed by atoms with Crippen LogP contribution in [0.25, 0.3) is 0 Å². The number of benzene rings is 1. The molecule has 0 radical (unpaired) electrons. The fourth-order valence-electron chi connectivity index (χ4n) is 2.44. The maximum Gasteiger partial charge on any atom is 0.243 e. The fourth-order valence-corrected chi connectivity index (χ4v) is 3.47. The molecule has 1 aliphatic carbocycles. The zero-order valence-electron chi connectivity index (χ0n) is 11.0. The van der Waals surface area contributed by atoms with E-state index in [0.717, 1.165) is 12.1 Å². The predicted octanol–water partition coefficient (Wildman–Crippen LogP) is 2.85. The first-order valence-corrected chi connectivity index (χ1v) is 7.58. The number of amides is 1. The fraction of sp³-hybridized carbons (Fsp3) is 0.333. The summed E-state index contributed by atoms with van der Waals surface area (Å²) < 4.78 is 0. The number of hydroxylamine groups is 1. The Morgan fingerprint density at radius 1 is 1.35 bits per heavy atom. The number of aryl methyl sites for hydroxylation is 1. The molecule has 2 N–H and O–H groups in total. The van der Waals surface area contributed by atoms with Gasteiger partial charge >= 0.3 is 0 Å². The van der Waals surface area contributed by atoms with E-state index < -0.39 is 0 Å². The van der Waals surface area contributed by atoms with Gasteiger partial charge in [0.05, 0.1) is 10.7 Å². The van der Waals surface area contributed by atoms with Crippen LogP contribution < -0.4 is 5.48 Å². The lowest BCUT2D eigenvalue weighted by molar-refractivity contribution is -0.129. The Morgan fingerprint density at radius 2 is 2.15 bits per heavy atom. The van der Waals surface area contributed by atoms with Gasteiger partial charge in [-0.2, -0.15) is 0 Å². The molecular weight excluding hydrogens is 272 g/mol. The van der Waals surface area contributed by atoms with Crippen LogP contribution in [-0.4, -0.2) is 16.1 Å². The average molecular weight is 288 g/mol. The van der Waals surface area contributed by atoms with E-state index in [1.54, 1.807) is 16.8 Å². The quantitative estimate of drug-likeness (QED) is 0.657. The van der Waals surface area contributed by atoms with E-state index in [2.05, 4.69) is 29.2 Å². The SMILES string of the molecule is O=C(CCc1csc(C2CC2c2ccccc2)n1)NO. The molecule has 20 heavy (non-hydrogen) atoms. The summed E-state index contributed by atoms with van der Waals surface area (Å²) in [6, 6.07) is 10.5. The molecule has 1 amide bonds. The summed E-state index contributed by atoms with van der Waals surface area (Å²) >= 11 is 1.67. The first-order chi connectivity index (χ1) is 9.78. The van der Waals surface area contributed by atoms with Crippen molar-refractivity contribution in [2.45, 2.75) is 31.1 Å². The van der Waals surface area contributed by atoms with Gasteiger partial charge in [-0.3, -0.25) is 10.0 Å². The van der Waals surface area contributed by atoms with Gasteiger partial charge in [0.15, 0.2) is 0 Å². The number of rotatable bonds is 5. The number of nitrogens with one attached hydrogen (secondary N) is 1. The highest BCUT2D eigenvalue weighted by Gasteiger charge is 2.41. The van der Waals surface area contributed by atoms with Crippen molar-refractivity contribution >= 4 is 17.2 Å². The van der Waals surface area contributed by atoms with E-state index in [-0.39, 0.29) is 12.3 Å². The number of hydrogen-bond acceptors (Lipinski definition) is 4. The molecular formula is C15H16N2O2S. The summed E-state index contributed by atoms with van der Waals surface area (Å²) in [7, 11) is 0. The molecule has 0 aliphatic heterocycles. The van der Waals surface area contributed by atoms with E-state index >= 15 is 0 Å². The van der Waals surface area contributed by atoms with E-state index in [0.29, 0.717) is 18.3 Å². The van der Waals surface area contributed by atoms with Gasteiger partial charge in [0, 0.05) is 17.7 Å². The summed E-state index contributed by atoms with van der Waals surface area (Å²) in [6.45, 7) is 0. The molecule has 0 saturated heterocycles. The smallest absolute Gasteiger partial charge is 0.243 e. The molecule has 4 nitrogen and oxygen atoms in total. The lowest BCUT2D eigenvalue weighted by atomic mass is 10.1. The van der Waals surface area contributed by atoms with Crippen LogP contribution in [0.15, 0.2) is 35.7 Å². The maximum atomic E-state index is 11.0. The molecule has 3 rings (SSSR count). The van der Waals surface area contributed by atoms with Crippen LogP contribution >= 0.6 is 11.3 Å². The average Bonchev–Trinajstić information content (AvgIpc) is 3.16. The number of nitrogens with zero attached hydrogens (tertiary/aromatic N) is 1. The van der Waals surface area contributed by atoms with E-state index in [9.17, 15) is 4.79 Å². The molecule has 1 aromatic heterocycles. The molecule has 5 heteroatoms. The highest BCUT2D eigenvalue weighted by Crippen LogP contribution is 2.55. The lowest BCUT2D eigenvalue weighted by Crippen LogP contribution is -2.18. The Bertz CT molecular complexity index is 597.